The van der Waals surface area contributed by atoms with E-state index in [-0.39, 0.29) is 24.9 Å². The van der Waals surface area contributed by atoms with Crippen LogP contribution in [0.1, 0.15) is 6.92 Å². The summed E-state index contributed by atoms with van der Waals surface area (Å²) in [6, 6.07) is 5.34. The number of imidazole rings is 1. The van der Waals surface area contributed by atoms with Crippen molar-refractivity contribution in [3.63, 3.8) is 0 Å². The third kappa shape index (κ3) is 3.66. The Morgan fingerprint density at radius 1 is 1.33 bits per heavy atom. The highest BCUT2D eigenvalue weighted by molar-refractivity contribution is 5.92. The molecule has 0 aliphatic rings. The molecule has 3 aromatic rings. The molecule has 0 bridgehead atoms. The number of anilines is 2. The average Bonchev–Trinajstić information content (AvgIpc) is 3.16. The Morgan fingerprint density at radius 2 is 2.21 bits per heavy atom. The van der Waals surface area contributed by atoms with Crippen LogP contribution in [0.3, 0.4) is 0 Å². The number of carbonyl (C=O) groups is 2. The summed E-state index contributed by atoms with van der Waals surface area (Å²) in [6.07, 6.45) is 2.30. The normalized spacial score (nSPS) is 10.5. The summed E-state index contributed by atoms with van der Waals surface area (Å²) < 4.78 is 4.73. The van der Waals surface area contributed by atoms with Gasteiger partial charge in [0.2, 0.25) is 5.91 Å². The molecule has 0 radical (unpaired) electrons. The number of nitrogens with zero attached hydrogens (tertiary/aromatic N) is 4. The molecule has 24 heavy (non-hydrogen) atoms. The molecule has 3 N–H and O–H groups in total. The number of ether oxygens (including phenoxy) is 1. The number of aromatic amines is 1. The lowest BCUT2D eigenvalue weighted by Gasteiger charge is -2.04. The fourth-order valence-electron chi connectivity index (χ4n) is 2.04. The van der Waals surface area contributed by atoms with Gasteiger partial charge in [0.1, 0.15) is 6.54 Å². The Balaban J connectivity index is 1.58. The van der Waals surface area contributed by atoms with Gasteiger partial charge in [-0.15, -0.1) is 5.10 Å². The molecule has 124 valence electrons. The van der Waals surface area contributed by atoms with Crippen LogP contribution < -0.4 is 10.6 Å². The van der Waals surface area contributed by atoms with Crippen molar-refractivity contribution in [3.8, 4) is 0 Å². The fraction of sp³-hybridized carbons (Fsp3) is 0.214. The van der Waals surface area contributed by atoms with Gasteiger partial charge in [-0.3, -0.25) is 10.1 Å². The minimum atomic E-state index is -0.623. The minimum absolute atomic E-state index is 0.0917. The van der Waals surface area contributed by atoms with Gasteiger partial charge in [-0.25, -0.2) is 9.78 Å². The first-order chi connectivity index (χ1) is 11.6. The number of benzene rings is 1. The summed E-state index contributed by atoms with van der Waals surface area (Å²) >= 11 is 0. The van der Waals surface area contributed by atoms with Gasteiger partial charge in [-0.1, -0.05) is 0 Å². The van der Waals surface area contributed by atoms with Crippen LogP contribution in [-0.4, -0.2) is 43.6 Å². The lowest BCUT2D eigenvalue weighted by Crippen LogP contribution is -2.20. The molecular formula is C14H15N7O3. The Kier molecular flexibility index (Phi) is 4.36. The van der Waals surface area contributed by atoms with Crippen molar-refractivity contribution >= 4 is 34.5 Å². The number of amides is 2. The monoisotopic (exact) mass is 329 g/mol. The highest BCUT2D eigenvalue weighted by Gasteiger charge is 2.09. The zero-order chi connectivity index (χ0) is 16.9. The molecule has 10 heteroatoms. The van der Waals surface area contributed by atoms with Crippen LogP contribution in [0.25, 0.3) is 11.0 Å². The Bertz CT molecular complexity index is 870. The second-order valence-electron chi connectivity index (χ2n) is 4.79. The van der Waals surface area contributed by atoms with E-state index in [4.69, 9.17) is 4.74 Å². The number of hydrogen-bond donors (Lipinski definition) is 3. The van der Waals surface area contributed by atoms with E-state index in [1.807, 2.05) is 0 Å². The summed E-state index contributed by atoms with van der Waals surface area (Å²) in [7, 11) is 0. The van der Waals surface area contributed by atoms with Gasteiger partial charge in [-0.05, 0) is 25.1 Å². The van der Waals surface area contributed by atoms with Crippen LogP contribution in [0.4, 0.5) is 16.3 Å². The number of fused-ring (bicyclic) bond motifs is 1. The smallest absolute Gasteiger partial charge is 0.412 e. The largest absolute Gasteiger partial charge is 0.450 e. The Morgan fingerprint density at radius 3 is 3.04 bits per heavy atom. The van der Waals surface area contributed by atoms with Crippen LogP contribution in [0.5, 0.6) is 0 Å². The zero-order valence-corrected chi connectivity index (χ0v) is 12.8. The molecule has 2 amide bonds. The van der Waals surface area contributed by atoms with Crippen LogP contribution in [0, 0.1) is 0 Å². The molecule has 2 aromatic heterocycles. The quantitative estimate of drug-likeness (QED) is 0.648. The summed E-state index contributed by atoms with van der Waals surface area (Å²) in [4.78, 5) is 31.6. The molecule has 0 aliphatic heterocycles. The first-order valence-corrected chi connectivity index (χ1v) is 7.21. The van der Waals surface area contributed by atoms with Crippen molar-refractivity contribution in [2.45, 2.75) is 13.5 Å². The van der Waals surface area contributed by atoms with Gasteiger partial charge in [0.25, 0.3) is 0 Å². The van der Waals surface area contributed by atoms with Crippen molar-refractivity contribution in [1.82, 2.24) is 25.0 Å². The van der Waals surface area contributed by atoms with Crippen molar-refractivity contribution in [3.05, 3.63) is 30.7 Å². The third-order valence-electron chi connectivity index (χ3n) is 3.03. The average molecular weight is 329 g/mol. The first kappa shape index (κ1) is 15.5. The fourth-order valence-corrected chi connectivity index (χ4v) is 2.04. The SMILES string of the molecule is CCOC(=O)Nc1cnn(CC(=O)Nc2ccc3nc[nH]c3c2)n1. The van der Waals surface area contributed by atoms with Crippen LogP contribution in [-0.2, 0) is 16.1 Å². The number of rotatable bonds is 5. The van der Waals surface area contributed by atoms with Gasteiger partial charge in [0, 0.05) is 5.69 Å². The number of carbonyl (C=O) groups excluding carboxylic acids is 2. The second-order valence-corrected chi connectivity index (χ2v) is 4.79. The lowest BCUT2D eigenvalue weighted by atomic mass is 10.3. The molecule has 0 atom stereocenters. The summed E-state index contributed by atoms with van der Waals surface area (Å²) in [5.41, 5.74) is 2.27. The predicted molar refractivity (Wildman–Crippen MR) is 85.4 cm³/mol. The number of aromatic nitrogens is 5. The molecule has 0 aliphatic carbocycles. The number of H-pyrrole nitrogens is 1. The van der Waals surface area contributed by atoms with Gasteiger partial charge in [-0.2, -0.15) is 9.90 Å². The van der Waals surface area contributed by atoms with E-state index in [0.717, 1.165) is 11.0 Å². The standard InChI is InChI=1S/C14H15N7O3/c1-2-24-14(23)19-12-6-17-21(20-12)7-13(22)18-9-3-4-10-11(5-9)16-8-15-10/h3-6,8H,2,7H2,1H3,(H,15,16)(H,18,22)(H,19,20,23). The van der Waals surface area contributed by atoms with Gasteiger partial charge >= 0.3 is 6.09 Å². The molecule has 0 saturated carbocycles. The molecule has 0 unspecified atom stereocenters. The minimum Gasteiger partial charge on any atom is -0.450 e. The van der Waals surface area contributed by atoms with Crippen molar-refractivity contribution in [1.29, 1.82) is 0 Å². The molecule has 10 nitrogen and oxygen atoms in total. The maximum atomic E-state index is 12.0. The number of hydrogen-bond acceptors (Lipinski definition) is 6. The molecule has 0 saturated heterocycles. The zero-order valence-electron chi connectivity index (χ0n) is 12.8. The second kappa shape index (κ2) is 6.77. The lowest BCUT2D eigenvalue weighted by molar-refractivity contribution is -0.117. The first-order valence-electron chi connectivity index (χ1n) is 7.21. The van der Waals surface area contributed by atoms with E-state index >= 15 is 0 Å². The third-order valence-corrected chi connectivity index (χ3v) is 3.03. The van der Waals surface area contributed by atoms with Crippen LogP contribution in [0.2, 0.25) is 0 Å². The Hall–Kier alpha value is -3.43. The van der Waals surface area contributed by atoms with Crippen LogP contribution >= 0.6 is 0 Å². The van der Waals surface area contributed by atoms with Crippen molar-refractivity contribution < 1.29 is 14.3 Å². The molecule has 2 heterocycles. The van der Waals surface area contributed by atoms with Gasteiger partial charge < -0.3 is 15.0 Å². The maximum Gasteiger partial charge on any atom is 0.412 e. The van der Waals surface area contributed by atoms with Crippen molar-refractivity contribution in [2.75, 3.05) is 17.2 Å². The molecule has 0 fully saturated rings. The van der Waals surface area contributed by atoms with Crippen LogP contribution in [0.15, 0.2) is 30.7 Å². The van der Waals surface area contributed by atoms with Gasteiger partial charge in [0.15, 0.2) is 5.82 Å². The summed E-state index contributed by atoms with van der Waals surface area (Å²) in [5.74, 6) is -0.0905. The van der Waals surface area contributed by atoms with E-state index in [1.165, 1.54) is 11.0 Å². The molecule has 3 rings (SSSR count). The molecule has 0 spiro atoms. The van der Waals surface area contributed by atoms with E-state index in [0.29, 0.717) is 5.69 Å². The van der Waals surface area contributed by atoms with E-state index in [2.05, 4.69) is 30.8 Å². The maximum absolute atomic E-state index is 12.0. The predicted octanol–water partition coefficient (Wildman–Crippen LogP) is 1.36. The Labute approximate surface area is 136 Å². The molecular weight excluding hydrogens is 314 g/mol. The molecule has 1 aromatic carbocycles. The van der Waals surface area contributed by atoms with E-state index in [1.54, 1.807) is 31.5 Å². The van der Waals surface area contributed by atoms with E-state index in [9.17, 15) is 9.59 Å². The van der Waals surface area contributed by atoms with E-state index < -0.39 is 6.09 Å². The highest BCUT2D eigenvalue weighted by Crippen LogP contribution is 2.15. The van der Waals surface area contributed by atoms with Crippen molar-refractivity contribution in [2.24, 2.45) is 0 Å². The summed E-state index contributed by atoms with van der Waals surface area (Å²) in [6.45, 7) is 1.86. The topological polar surface area (TPSA) is 127 Å². The number of nitrogens with one attached hydrogen (secondary N) is 3. The van der Waals surface area contributed by atoms with Gasteiger partial charge in [0.05, 0.1) is 30.2 Å². The summed E-state index contributed by atoms with van der Waals surface area (Å²) in [5, 5.41) is 13.0. The highest BCUT2D eigenvalue weighted by atomic mass is 16.5.